The third kappa shape index (κ3) is 2.18. The Hall–Kier alpha value is -0.883. The molecule has 116 valence electrons. The van der Waals surface area contributed by atoms with Crippen molar-refractivity contribution in [2.24, 2.45) is 5.41 Å². The van der Waals surface area contributed by atoms with E-state index in [1.807, 2.05) is 6.92 Å². The summed E-state index contributed by atoms with van der Waals surface area (Å²) in [5, 5.41) is 9.54. The molecule has 0 radical (unpaired) electrons. The van der Waals surface area contributed by atoms with Gasteiger partial charge in [-0.05, 0) is 11.5 Å². The van der Waals surface area contributed by atoms with Gasteiger partial charge in [0.05, 0.1) is 6.61 Å². The molecule has 0 unspecified atom stereocenters. The molecule has 20 heavy (non-hydrogen) atoms. The number of carboxylic acids is 1. The summed E-state index contributed by atoms with van der Waals surface area (Å²) in [5.41, 5.74) is -0.893. The topological polar surface area (TPSA) is 66.8 Å². The molecule has 0 aromatic rings. The molecule has 0 bridgehead atoms. The van der Waals surface area contributed by atoms with Gasteiger partial charge in [-0.3, -0.25) is 4.79 Å². The summed E-state index contributed by atoms with van der Waals surface area (Å²) in [6.07, 6.45) is 0.488. The summed E-state index contributed by atoms with van der Waals surface area (Å²) in [6, 6.07) is -0.763. The zero-order valence-electron chi connectivity index (χ0n) is 13.6. The summed E-state index contributed by atoms with van der Waals surface area (Å²) in [4.78, 5) is 24.5. The predicted molar refractivity (Wildman–Crippen MR) is 80.1 cm³/mol. The van der Waals surface area contributed by atoms with E-state index in [9.17, 15) is 14.7 Å². The second-order valence-electron chi connectivity index (χ2n) is 7.17. The van der Waals surface area contributed by atoms with Gasteiger partial charge in [0.15, 0.2) is 8.24 Å². The standard InChI is InChI=1S/C14H27NO4Si/c1-8-14(9-19-5)10(11(16)17)15(12(14)18)20(6,7)13(2,3)4/h10H,8-9H2,1-7H3,(H,16,17)/t10-,14-/m0/s1. The van der Waals surface area contributed by atoms with Gasteiger partial charge in [-0.1, -0.05) is 40.8 Å². The Balaban J connectivity index is 3.26. The first-order valence-electron chi connectivity index (χ1n) is 7.03. The molecule has 0 saturated carbocycles. The fourth-order valence-corrected chi connectivity index (χ4v) is 5.24. The van der Waals surface area contributed by atoms with Crippen molar-refractivity contribution in [3.8, 4) is 0 Å². The summed E-state index contributed by atoms with van der Waals surface area (Å²) in [5.74, 6) is -0.978. The van der Waals surface area contributed by atoms with Crippen LogP contribution in [0.25, 0.3) is 0 Å². The number of carboxylic acid groups (broad SMARTS) is 1. The SMILES string of the molecule is CC[C@@]1(COC)C(=O)N([Si](C)(C)C(C)(C)C)[C@H]1C(=O)O. The van der Waals surface area contributed by atoms with Crippen LogP contribution in [0.5, 0.6) is 0 Å². The van der Waals surface area contributed by atoms with Crippen molar-refractivity contribution in [3.05, 3.63) is 0 Å². The van der Waals surface area contributed by atoms with Gasteiger partial charge in [0.2, 0.25) is 5.91 Å². The van der Waals surface area contributed by atoms with Crippen molar-refractivity contribution < 1.29 is 19.4 Å². The maximum atomic E-state index is 12.7. The minimum Gasteiger partial charge on any atom is -0.480 e. The van der Waals surface area contributed by atoms with Gasteiger partial charge in [-0.15, -0.1) is 0 Å². The van der Waals surface area contributed by atoms with Crippen molar-refractivity contribution >= 4 is 20.1 Å². The van der Waals surface area contributed by atoms with Gasteiger partial charge >= 0.3 is 5.97 Å². The minimum atomic E-state index is -2.20. The second-order valence-corrected chi connectivity index (χ2v) is 12.3. The number of nitrogens with zero attached hydrogens (tertiary/aromatic N) is 1. The van der Waals surface area contributed by atoms with Crippen LogP contribution in [-0.2, 0) is 14.3 Å². The highest BCUT2D eigenvalue weighted by molar-refractivity contribution is 6.80. The molecule has 1 heterocycles. The average Bonchev–Trinajstić information content (AvgIpc) is 2.29. The summed E-state index contributed by atoms with van der Waals surface area (Å²) < 4.78 is 6.81. The maximum Gasteiger partial charge on any atom is 0.326 e. The molecular formula is C14H27NO4Si. The van der Waals surface area contributed by atoms with Gasteiger partial charge in [0.1, 0.15) is 11.5 Å². The molecule has 1 fully saturated rings. The second kappa shape index (κ2) is 5.15. The molecule has 5 nitrogen and oxygen atoms in total. The average molecular weight is 301 g/mol. The lowest BCUT2D eigenvalue weighted by Gasteiger charge is -2.61. The molecule has 0 aromatic carbocycles. The molecule has 0 spiro atoms. The number of ether oxygens (including phenoxy) is 1. The van der Waals surface area contributed by atoms with Crippen molar-refractivity contribution in [3.63, 3.8) is 0 Å². The van der Waals surface area contributed by atoms with E-state index in [0.717, 1.165) is 0 Å². The van der Waals surface area contributed by atoms with Crippen LogP contribution in [0.1, 0.15) is 34.1 Å². The van der Waals surface area contributed by atoms with Gasteiger partial charge in [-0.2, -0.15) is 0 Å². The van der Waals surface area contributed by atoms with E-state index >= 15 is 0 Å². The molecule has 1 amide bonds. The summed E-state index contributed by atoms with van der Waals surface area (Å²) in [7, 11) is -0.685. The Labute approximate surface area is 122 Å². The highest BCUT2D eigenvalue weighted by atomic mass is 28.3. The van der Waals surface area contributed by atoms with Crippen LogP contribution in [-0.4, -0.2) is 49.5 Å². The fraction of sp³-hybridized carbons (Fsp3) is 0.857. The normalized spacial score (nSPS) is 27.4. The molecule has 1 rings (SSSR count). The zero-order chi connectivity index (χ0) is 15.9. The van der Waals surface area contributed by atoms with Gasteiger partial charge < -0.3 is 14.4 Å². The lowest BCUT2D eigenvalue weighted by Crippen LogP contribution is -2.80. The molecule has 1 N–H and O–H groups in total. The van der Waals surface area contributed by atoms with Crippen molar-refractivity contribution in [2.45, 2.75) is 58.3 Å². The first-order valence-corrected chi connectivity index (χ1v) is 9.97. The predicted octanol–water partition coefficient (Wildman–Crippen LogP) is 2.33. The van der Waals surface area contributed by atoms with Crippen LogP contribution in [0.2, 0.25) is 18.1 Å². The molecule has 0 aliphatic carbocycles. The highest BCUT2D eigenvalue weighted by Crippen LogP contribution is 2.51. The monoisotopic (exact) mass is 301 g/mol. The largest absolute Gasteiger partial charge is 0.480 e. The Kier molecular flexibility index (Phi) is 4.42. The Bertz CT molecular complexity index is 416. The van der Waals surface area contributed by atoms with Crippen LogP contribution in [0.15, 0.2) is 0 Å². The van der Waals surface area contributed by atoms with E-state index in [0.29, 0.717) is 6.42 Å². The first-order chi connectivity index (χ1) is 8.97. The molecule has 1 aliphatic rings. The van der Waals surface area contributed by atoms with Crippen molar-refractivity contribution in [2.75, 3.05) is 13.7 Å². The molecule has 6 heteroatoms. The smallest absolute Gasteiger partial charge is 0.326 e. The molecule has 1 saturated heterocycles. The van der Waals surface area contributed by atoms with Gasteiger partial charge in [-0.25, -0.2) is 4.79 Å². The Morgan fingerprint density at radius 2 is 1.95 bits per heavy atom. The van der Waals surface area contributed by atoms with E-state index in [-0.39, 0.29) is 17.6 Å². The van der Waals surface area contributed by atoms with Crippen molar-refractivity contribution in [1.82, 2.24) is 4.57 Å². The van der Waals surface area contributed by atoms with E-state index in [2.05, 4.69) is 33.9 Å². The van der Waals surface area contributed by atoms with Crippen LogP contribution in [0, 0.1) is 5.41 Å². The lowest BCUT2D eigenvalue weighted by molar-refractivity contribution is -0.182. The molecule has 1 aliphatic heterocycles. The van der Waals surface area contributed by atoms with E-state index < -0.39 is 25.7 Å². The number of methoxy groups -OCH3 is 1. The summed E-state index contributed by atoms with van der Waals surface area (Å²) >= 11 is 0. The number of amides is 1. The van der Waals surface area contributed by atoms with Gasteiger partial charge in [0, 0.05) is 7.11 Å². The van der Waals surface area contributed by atoms with E-state index in [1.165, 1.54) is 7.11 Å². The highest BCUT2D eigenvalue weighted by Gasteiger charge is 2.68. The number of carbonyl (C=O) groups is 2. The minimum absolute atomic E-state index is 0.0548. The number of rotatable bonds is 5. The fourth-order valence-electron chi connectivity index (χ4n) is 2.78. The van der Waals surface area contributed by atoms with E-state index in [4.69, 9.17) is 4.74 Å². The quantitative estimate of drug-likeness (QED) is 0.625. The van der Waals surface area contributed by atoms with Crippen LogP contribution >= 0.6 is 0 Å². The molecule has 2 atom stereocenters. The number of hydrogen-bond acceptors (Lipinski definition) is 3. The molecular weight excluding hydrogens is 274 g/mol. The third-order valence-corrected chi connectivity index (χ3v) is 10.5. The number of β-lactam (4-membered cyclic amide) rings is 1. The van der Waals surface area contributed by atoms with Gasteiger partial charge in [0.25, 0.3) is 0 Å². The Morgan fingerprint density at radius 1 is 1.45 bits per heavy atom. The number of carbonyl (C=O) groups excluding carboxylic acids is 1. The third-order valence-electron chi connectivity index (χ3n) is 5.13. The number of hydrogen-bond donors (Lipinski definition) is 1. The lowest BCUT2D eigenvalue weighted by atomic mass is 9.71. The van der Waals surface area contributed by atoms with Crippen LogP contribution in [0.4, 0.5) is 0 Å². The van der Waals surface area contributed by atoms with Crippen molar-refractivity contribution in [1.29, 1.82) is 0 Å². The Morgan fingerprint density at radius 3 is 2.25 bits per heavy atom. The van der Waals surface area contributed by atoms with Crippen LogP contribution in [0.3, 0.4) is 0 Å². The maximum absolute atomic E-state index is 12.7. The first kappa shape index (κ1) is 17.2. The summed E-state index contributed by atoms with van der Waals surface area (Å²) in [6.45, 7) is 12.4. The van der Waals surface area contributed by atoms with E-state index in [1.54, 1.807) is 4.57 Å². The molecule has 0 aromatic heterocycles. The number of aliphatic carboxylic acids is 1. The van der Waals surface area contributed by atoms with Crippen LogP contribution < -0.4 is 0 Å². The zero-order valence-corrected chi connectivity index (χ0v) is 14.6.